The second kappa shape index (κ2) is 5.07. The first-order valence-corrected chi connectivity index (χ1v) is 8.17. The molecule has 0 bridgehead atoms. The molecule has 0 aromatic carbocycles. The van der Waals surface area contributed by atoms with Gasteiger partial charge in [0.15, 0.2) is 5.03 Å². The lowest BCUT2D eigenvalue weighted by Gasteiger charge is -2.32. The van der Waals surface area contributed by atoms with E-state index in [2.05, 4.69) is 20.9 Å². The van der Waals surface area contributed by atoms with Crippen molar-refractivity contribution in [1.82, 2.24) is 13.9 Å². The molecule has 7 heteroatoms. The topological polar surface area (TPSA) is 55.2 Å². The molecule has 0 aliphatic carbocycles. The molecular weight excluding hydrogens is 306 g/mol. The van der Waals surface area contributed by atoms with Crippen LogP contribution in [0.1, 0.15) is 19.3 Å². The number of imidazole rings is 1. The third kappa shape index (κ3) is 2.56. The van der Waals surface area contributed by atoms with Gasteiger partial charge in [0.1, 0.15) is 0 Å². The van der Waals surface area contributed by atoms with Crippen molar-refractivity contribution in [1.29, 1.82) is 0 Å². The fourth-order valence-corrected chi connectivity index (χ4v) is 4.61. The van der Waals surface area contributed by atoms with E-state index in [9.17, 15) is 8.42 Å². The Bertz CT molecular complexity index is 485. The fraction of sp³-hybridized carbons (Fsp3) is 0.700. The van der Waals surface area contributed by atoms with Crippen LogP contribution in [0, 0.1) is 0 Å². The number of alkyl halides is 1. The fourth-order valence-electron chi connectivity index (χ4n) is 2.09. The van der Waals surface area contributed by atoms with Gasteiger partial charge in [0.05, 0.1) is 6.33 Å². The normalized spacial score (nSPS) is 22.8. The van der Waals surface area contributed by atoms with Gasteiger partial charge < -0.3 is 4.57 Å². The minimum atomic E-state index is -3.43. The van der Waals surface area contributed by atoms with Gasteiger partial charge in [0, 0.05) is 31.2 Å². The van der Waals surface area contributed by atoms with E-state index in [0.29, 0.717) is 11.9 Å². The second-order valence-corrected chi connectivity index (χ2v) is 6.78. The van der Waals surface area contributed by atoms with Crippen LogP contribution in [0.25, 0.3) is 0 Å². The first-order valence-electron chi connectivity index (χ1n) is 5.61. The van der Waals surface area contributed by atoms with Crippen molar-refractivity contribution in [2.45, 2.75) is 30.3 Å². The minimum Gasteiger partial charge on any atom is -0.339 e. The lowest BCUT2D eigenvalue weighted by Crippen LogP contribution is -2.44. The van der Waals surface area contributed by atoms with Crippen LogP contribution in [0.15, 0.2) is 17.6 Å². The summed E-state index contributed by atoms with van der Waals surface area (Å²) in [4.78, 5) is 3.95. The first-order chi connectivity index (χ1) is 8.05. The molecule has 0 amide bonds. The Morgan fingerprint density at radius 2 is 2.29 bits per heavy atom. The van der Waals surface area contributed by atoms with Crippen molar-refractivity contribution >= 4 is 26.0 Å². The molecule has 17 heavy (non-hydrogen) atoms. The average molecular weight is 322 g/mol. The van der Waals surface area contributed by atoms with Crippen LogP contribution in [0.4, 0.5) is 0 Å². The van der Waals surface area contributed by atoms with Crippen molar-refractivity contribution in [3.05, 3.63) is 12.5 Å². The number of halogens is 1. The molecule has 2 heterocycles. The Balaban J connectivity index is 2.30. The number of rotatable bonds is 3. The predicted octanol–water partition coefficient (Wildman–Crippen LogP) is 1.36. The molecule has 1 saturated heterocycles. The minimum absolute atomic E-state index is 0.0516. The summed E-state index contributed by atoms with van der Waals surface area (Å²) >= 11 is 3.39. The number of hydrogen-bond acceptors (Lipinski definition) is 3. The zero-order chi connectivity index (χ0) is 12.5. The molecule has 1 atom stereocenters. The standard InChI is InChI=1S/C10H16BrN3O2S/c1-13-7-10(12-8-13)17(15,16)14-5-3-2-4-9(14)6-11/h7-9H,2-6H2,1H3. The molecule has 0 N–H and O–H groups in total. The smallest absolute Gasteiger partial charge is 0.262 e. The zero-order valence-corrected chi connectivity index (χ0v) is 12.1. The van der Waals surface area contributed by atoms with E-state index >= 15 is 0 Å². The van der Waals surface area contributed by atoms with Gasteiger partial charge in [-0.2, -0.15) is 4.31 Å². The maximum absolute atomic E-state index is 12.4. The van der Waals surface area contributed by atoms with Crippen molar-refractivity contribution in [2.75, 3.05) is 11.9 Å². The van der Waals surface area contributed by atoms with Gasteiger partial charge in [-0.1, -0.05) is 22.4 Å². The quantitative estimate of drug-likeness (QED) is 0.790. The number of piperidine rings is 1. The van der Waals surface area contributed by atoms with Crippen molar-refractivity contribution in [2.24, 2.45) is 7.05 Å². The van der Waals surface area contributed by atoms with Gasteiger partial charge in [-0.25, -0.2) is 13.4 Å². The van der Waals surface area contributed by atoms with E-state index in [-0.39, 0.29) is 11.1 Å². The van der Waals surface area contributed by atoms with Crippen molar-refractivity contribution < 1.29 is 8.42 Å². The van der Waals surface area contributed by atoms with Gasteiger partial charge in [0.2, 0.25) is 0 Å². The highest BCUT2D eigenvalue weighted by Gasteiger charge is 2.34. The Morgan fingerprint density at radius 3 is 2.88 bits per heavy atom. The highest BCUT2D eigenvalue weighted by molar-refractivity contribution is 9.09. The van der Waals surface area contributed by atoms with Crippen LogP contribution < -0.4 is 0 Å². The number of nitrogens with zero attached hydrogens (tertiary/aromatic N) is 3. The molecule has 0 radical (unpaired) electrons. The van der Waals surface area contributed by atoms with E-state index in [1.165, 1.54) is 6.33 Å². The Kier molecular flexibility index (Phi) is 3.89. The summed E-state index contributed by atoms with van der Waals surface area (Å²) < 4.78 is 28.0. The number of aromatic nitrogens is 2. The Labute approximate surface area is 110 Å². The Hall–Kier alpha value is -0.400. The molecule has 1 aliphatic heterocycles. The van der Waals surface area contributed by atoms with Crippen LogP contribution >= 0.6 is 15.9 Å². The summed E-state index contributed by atoms with van der Waals surface area (Å²) in [7, 11) is -1.66. The first kappa shape index (κ1) is 13.0. The van der Waals surface area contributed by atoms with Crippen molar-refractivity contribution in [3.63, 3.8) is 0 Å². The summed E-state index contributed by atoms with van der Waals surface area (Å²) in [5.74, 6) is 0. The molecule has 0 saturated carbocycles. The summed E-state index contributed by atoms with van der Waals surface area (Å²) in [6, 6.07) is 0.0516. The molecule has 1 aliphatic rings. The SMILES string of the molecule is Cn1cnc(S(=O)(=O)N2CCCCC2CBr)c1. The molecule has 1 aromatic heterocycles. The summed E-state index contributed by atoms with van der Waals surface area (Å²) in [6.07, 6.45) is 5.99. The summed E-state index contributed by atoms with van der Waals surface area (Å²) in [5.41, 5.74) is 0. The maximum Gasteiger partial charge on any atom is 0.262 e. The van der Waals surface area contributed by atoms with Gasteiger partial charge >= 0.3 is 0 Å². The zero-order valence-electron chi connectivity index (χ0n) is 9.71. The highest BCUT2D eigenvalue weighted by Crippen LogP contribution is 2.25. The number of aryl methyl sites for hydroxylation is 1. The van der Waals surface area contributed by atoms with Crippen LogP contribution in [0.2, 0.25) is 0 Å². The molecular formula is C10H16BrN3O2S. The van der Waals surface area contributed by atoms with Crippen LogP contribution in [0.5, 0.6) is 0 Å². The third-order valence-corrected chi connectivity index (χ3v) is 5.59. The van der Waals surface area contributed by atoms with Gasteiger partial charge in [-0.05, 0) is 12.8 Å². The maximum atomic E-state index is 12.4. The van der Waals surface area contributed by atoms with E-state index in [1.54, 1.807) is 22.1 Å². The second-order valence-electron chi connectivity index (χ2n) is 4.30. The van der Waals surface area contributed by atoms with Gasteiger partial charge in [0.25, 0.3) is 10.0 Å². The van der Waals surface area contributed by atoms with Crippen molar-refractivity contribution in [3.8, 4) is 0 Å². The number of hydrogen-bond donors (Lipinski definition) is 0. The molecule has 1 aromatic rings. The number of sulfonamides is 1. The van der Waals surface area contributed by atoms with Crippen LogP contribution in [-0.2, 0) is 17.1 Å². The average Bonchev–Trinajstić information content (AvgIpc) is 2.76. The van der Waals surface area contributed by atoms with Crippen LogP contribution in [0.3, 0.4) is 0 Å². The largest absolute Gasteiger partial charge is 0.339 e. The molecule has 5 nitrogen and oxygen atoms in total. The third-order valence-electron chi connectivity index (χ3n) is 3.01. The molecule has 1 fully saturated rings. The van der Waals surface area contributed by atoms with Gasteiger partial charge in [-0.15, -0.1) is 0 Å². The summed E-state index contributed by atoms with van der Waals surface area (Å²) in [6.45, 7) is 0.592. The van der Waals surface area contributed by atoms with E-state index in [0.717, 1.165) is 19.3 Å². The molecule has 1 unspecified atom stereocenters. The predicted molar refractivity (Wildman–Crippen MR) is 68.5 cm³/mol. The van der Waals surface area contributed by atoms with Gasteiger partial charge in [-0.3, -0.25) is 0 Å². The molecule has 96 valence electrons. The van der Waals surface area contributed by atoms with E-state index in [1.807, 2.05) is 0 Å². The van der Waals surface area contributed by atoms with E-state index in [4.69, 9.17) is 0 Å². The Morgan fingerprint density at radius 1 is 1.53 bits per heavy atom. The summed E-state index contributed by atoms with van der Waals surface area (Å²) in [5, 5.41) is 0.826. The monoisotopic (exact) mass is 321 g/mol. The molecule has 2 rings (SSSR count). The lowest BCUT2D eigenvalue weighted by molar-refractivity contribution is 0.273. The van der Waals surface area contributed by atoms with E-state index < -0.39 is 10.0 Å². The lowest BCUT2D eigenvalue weighted by atomic mass is 10.1. The van der Waals surface area contributed by atoms with Crippen LogP contribution in [-0.4, -0.2) is 40.2 Å². The molecule has 0 spiro atoms. The highest BCUT2D eigenvalue weighted by atomic mass is 79.9.